The number of nitrogens with zero attached hydrogens (tertiary/aromatic N) is 4. The van der Waals surface area contributed by atoms with Gasteiger partial charge in [-0.1, -0.05) is 87.1 Å². The number of Topliss-reactive ketones (excluding diaryl/α,β-unsaturated/α-hetero) is 2. The fraction of sp³-hybridized carbons (Fsp3) is 0.240. The van der Waals surface area contributed by atoms with Crippen molar-refractivity contribution in [1.29, 1.82) is 10.5 Å². The molecule has 3 heterocycles. The Hall–Kier alpha value is -6.20. The van der Waals surface area contributed by atoms with Gasteiger partial charge in [-0.05, 0) is 77.8 Å². The molecule has 0 amide bonds. The number of fused-ring (bicyclic) bond motifs is 12. The second kappa shape index (κ2) is 13.2. The van der Waals surface area contributed by atoms with Crippen molar-refractivity contribution in [2.45, 2.75) is 75.0 Å². The Kier molecular flexibility index (Phi) is 8.01. The number of thiophene rings is 3. The second-order valence-corrected chi connectivity index (χ2v) is 19.5. The van der Waals surface area contributed by atoms with Crippen LogP contribution in [0.1, 0.15) is 122 Å². The number of carbonyl (C=O) groups is 2. The summed E-state index contributed by atoms with van der Waals surface area (Å²) in [6.07, 6.45) is 17.2. The Morgan fingerprint density at radius 3 is 1.73 bits per heavy atom. The molecule has 6 nitrogen and oxygen atoms in total. The predicted octanol–water partition coefficient (Wildman–Crippen LogP) is 13.3. The van der Waals surface area contributed by atoms with Crippen LogP contribution in [0.15, 0.2) is 88.8 Å². The lowest BCUT2D eigenvalue weighted by atomic mass is 9.66. The molecule has 9 heteroatoms. The maximum Gasteiger partial charge on any atom is 0.270 e. The molecule has 2 saturated carbocycles. The van der Waals surface area contributed by atoms with Gasteiger partial charge in [0.25, 0.3) is 11.4 Å². The summed E-state index contributed by atoms with van der Waals surface area (Å²) in [5.41, 5.74) is 8.93. The molecule has 5 aromatic rings. The molecule has 2 spiro atoms. The molecule has 6 aliphatic carbocycles. The topological polar surface area (TPSA) is 90.4 Å². The molecule has 3 aromatic heterocycles. The van der Waals surface area contributed by atoms with Gasteiger partial charge in [0.2, 0.25) is 0 Å². The summed E-state index contributed by atoms with van der Waals surface area (Å²) in [7, 11) is 0. The fourth-order valence-electron chi connectivity index (χ4n) is 11.2. The second-order valence-electron chi connectivity index (χ2n) is 16.3. The normalized spacial score (nSPS) is 22.1. The number of ketones is 2. The lowest BCUT2D eigenvalue weighted by molar-refractivity contribution is 0.103. The van der Waals surface area contributed by atoms with Crippen LogP contribution in [0.3, 0.4) is 0 Å². The van der Waals surface area contributed by atoms with E-state index in [0.717, 1.165) is 68.2 Å². The van der Waals surface area contributed by atoms with E-state index in [1.165, 1.54) is 47.1 Å². The first-order valence-corrected chi connectivity index (χ1v) is 22.6. The van der Waals surface area contributed by atoms with E-state index in [1.54, 1.807) is 23.5 Å². The first kappa shape index (κ1) is 35.9. The standard InChI is InChI=1S/C50H32N4O2S3/c1-53-36(25-51)39-29-13-5-7-15-31(29)43(55)33(39)21-27-22-38-41(49(27)17-9-3-10-18-49)46-48(58-38)42-47(59-46)45-35(50(42)19-11-4-12-20-50)24-28(57-45)23-34-40(37(26-52)54-2)30-14-6-8-16-32(30)44(34)56/h5-8,13-16,21-24H,3-4,9-12,17-20H2/b33-21-,34-23+,39-36+,40-37-. The largest absolute Gasteiger partial charge is 0.289 e. The summed E-state index contributed by atoms with van der Waals surface area (Å²) in [4.78, 5) is 39.9. The van der Waals surface area contributed by atoms with E-state index in [1.807, 2.05) is 71.2 Å². The quantitative estimate of drug-likeness (QED) is 0.101. The molecule has 0 bridgehead atoms. The molecule has 0 saturated heterocycles. The van der Waals surface area contributed by atoms with Crippen LogP contribution in [0.5, 0.6) is 0 Å². The van der Waals surface area contributed by atoms with Crippen molar-refractivity contribution in [3.8, 4) is 21.9 Å². The molecule has 11 rings (SSSR count). The first-order chi connectivity index (χ1) is 28.9. The van der Waals surface area contributed by atoms with Gasteiger partial charge < -0.3 is 0 Å². The van der Waals surface area contributed by atoms with Crippen molar-refractivity contribution >= 4 is 78.3 Å². The lowest BCUT2D eigenvalue weighted by Crippen LogP contribution is -2.29. The molecule has 0 unspecified atom stereocenters. The predicted molar refractivity (Wildman–Crippen MR) is 235 cm³/mol. The zero-order chi connectivity index (χ0) is 40.2. The fourth-order valence-corrected chi connectivity index (χ4v) is 15.8. The summed E-state index contributed by atoms with van der Waals surface area (Å²) in [5.74, 6) is -0.283. The maximum atomic E-state index is 14.1. The Balaban J connectivity index is 1.08. The highest BCUT2D eigenvalue weighted by molar-refractivity contribution is 7.32. The summed E-state index contributed by atoms with van der Waals surface area (Å²) in [5, 5.41) is 20.0. The summed E-state index contributed by atoms with van der Waals surface area (Å²) < 4.78 is 2.74. The minimum atomic E-state index is -0.266. The number of nitriles is 2. The molecule has 0 N–H and O–H groups in total. The highest BCUT2D eigenvalue weighted by Crippen LogP contribution is 2.67. The van der Waals surface area contributed by atoms with E-state index in [4.69, 9.17) is 13.1 Å². The van der Waals surface area contributed by atoms with Crippen LogP contribution in [0, 0.1) is 35.8 Å². The van der Waals surface area contributed by atoms with Crippen molar-refractivity contribution in [2.24, 2.45) is 0 Å². The van der Waals surface area contributed by atoms with Crippen LogP contribution in [-0.4, -0.2) is 11.6 Å². The third-order valence-electron chi connectivity index (χ3n) is 13.6. The number of hydrogen-bond donors (Lipinski definition) is 0. The number of benzene rings is 2. The van der Waals surface area contributed by atoms with E-state index in [-0.39, 0.29) is 33.8 Å². The number of rotatable bonds is 2. The van der Waals surface area contributed by atoms with Crippen molar-refractivity contribution < 1.29 is 9.59 Å². The van der Waals surface area contributed by atoms with Gasteiger partial charge in [0.1, 0.15) is 0 Å². The molecule has 0 aliphatic heterocycles. The van der Waals surface area contributed by atoms with Gasteiger partial charge in [0, 0.05) is 64.4 Å². The van der Waals surface area contributed by atoms with Crippen molar-refractivity contribution in [1.82, 2.24) is 0 Å². The zero-order valence-electron chi connectivity index (χ0n) is 31.8. The Morgan fingerprint density at radius 2 is 1.17 bits per heavy atom. The molecule has 2 fully saturated rings. The number of allylic oxidation sites excluding steroid dienone is 8. The minimum Gasteiger partial charge on any atom is -0.289 e. The highest BCUT2D eigenvalue weighted by Gasteiger charge is 2.51. The van der Waals surface area contributed by atoms with E-state index in [9.17, 15) is 20.1 Å². The molecule has 0 radical (unpaired) electrons. The lowest BCUT2D eigenvalue weighted by Gasteiger charge is -2.36. The van der Waals surface area contributed by atoms with E-state index < -0.39 is 0 Å². The Bertz CT molecular complexity index is 3120. The van der Waals surface area contributed by atoms with Gasteiger partial charge in [-0.15, -0.1) is 34.0 Å². The number of hydrogen-bond acceptors (Lipinski definition) is 7. The van der Waals surface area contributed by atoms with Gasteiger partial charge in [0.15, 0.2) is 11.6 Å². The van der Waals surface area contributed by atoms with Crippen molar-refractivity contribution in [2.75, 3.05) is 0 Å². The van der Waals surface area contributed by atoms with Crippen molar-refractivity contribution in [3.05, 3.63) is 160 Å². The summed E-state index contributed by atoms with van der Waals surface area (Å²) >= 11 is 5.53. The van der Waals surface area contributed by atoms with Gasteiger partial charge in [-0.2, -0.15) is 0 Å². The molecule has 0 atom stereocenters. The Morgan fingerprint density at radius 1 is 0.644 bits per heavy atom. The molecule has 2 aromatic carbocycles. The third-order valence-corrected chi connectivity index (χ3v) is 17.4. The average molecular weight is 817 g/mol. The first-order valence-electron chi connectivity index (χ1n) is 20.1. The van der Waals surface area contributed by atoms with E-state index in [0.29, 0.717) is 44.5 Å². The molecule has 6 aliphatic rings. The van der Waals surface area contributed by atoms with Crippen LogP contribution >= 0.6 is 34.0 Å². The van der Waals surface area contributed by atoms with E-state index >= 15 is 0 Å². The number of carbonyl (C=O) groups excluding carboxylic acids is 2. The van der Waals surface area contributed by atoms with Crippen LogP contribution in [0.4, 0.5) is 0 Å². The molecular weight excluding hydrogens is 785 g/mol. The van der Waals surface area contributed by atoms with Crippen LogP contribution in [0.2, 0.25) is 0 Å². The summed E-state index contributed by atoms with van der Waals surface area (Å²) in [6, 6.07) is 21.0. The Labute approximate surface area is 353 Å². The average Bonchev–Trinajstić information content (AvgIpc) is 4.12. The van der Waals surface area contributed by atoms with Gasteiger partial charge >= 0.3 is 0 Å². The van der Waals surface area contributed by atoms with Gasteiger partial charge in [-0.3, -0.25) is 9.59 Å². The van der Waals surface area contributed by atoms with Crippen LogP contribution in [-0.2, 0) is 10.8 Å². The summed E-state index contributed by atoms with van der Waals surface area (Å²) in [6.45, 7) is 15.6. The van der Waals surface area contributed by atoms with Crippen molar-refractivity contribution in [3.63, 3.8) is 0 Å². The van der Waals surface area contributed by atoms with E-state index in [2.05, 4.69) is 34.0 Å². The molecule has 282 valence electrons. The highest BCUT2D eigenvalue weighted by atomic mass is 32.1. The minimum absolute atomic E-state index is 0.0526. The smallest absolute Gasteiger partial charge is 0.270 e. The molecule has 59 heavy (non-hydrogen) atoms. The van der Waals surface area contributed by atoms with Gasteiger partial charge in [-0.25, -0.2) is 20.2 Å². The van der Waals surface area contributed by atoms with Crippen LogP contribution in [0.25, 0.3) is 52.1 Å². The third kappa shape index (κ3) is 4.79. The maximum absolute atomic E-state index is 14.1. The SMILES string of the molecule is [C-]#[N+]/C(C#N)=C1\C(=C/c2cc3c(s2)-c2sc4c5c(sc4c2C32CCCCC2)C=C(/C=C2\C(=O)c3ccccc3\C2=C(\C#N)[N+]#[C-])C52CCCCC2)C(=O)c2ccccc21. The zero-order valence-corrected chi connectivity index (χ0v) is 34.3. The monoisotopic (exact) mass is 816 g/mol. The van der Waals surface area contributed by atoms with Gasteiger partial charge in [0.05, 0.1) is 39.6 Å². The van der Waals surface area contributed by atoms with Crippen LogP contribution < -0.4 is 0 Å². The molecular formula is C50H32N4O2S3.